The number of nitrogens with zero attached hydrogens (tertiary/aromatic N) is 1. The SMILES string of the molecule is COc1ccc(S(=O)(=O)N2CCC(=O)CC2)c(OC)c1. The molecule has 110 valence electrons. The minimum atomic E-state index is -3.65. The molecule has 1 fully saturated rings. The number of hydrogen-bond donors (Lipinski definition) is 0. The monoisotopic (exact) mass is 299 g/mol. The first kappa shape index (κ1) is 14.8. The molecular weight excluding hydrogens is 282 g/mol. The third kappa shape index (κ3) is 2.78. The Hall–Kier alpha value is -1.60. The summed E-state index contributed by atoms with van der Waals surface area (Å²) in [7, 11) is -0.743. The number of carbonyl (C=O) groups is 1. The van der Waals surface area contributed by atoms with Crippen LogP contribution in [0.2, 0.25) is 0 Å². The molecule has 0 aliphatic carbocycles. The lowest BCUT2D eigenvalue weighted by molar-refractivity contribution is -0.120. The smallest absolute Gasteiger partial charge is 0.246 e. The van der Waals surface area contributed by atoms with E-state index in [-0.39, 0.29) is 42.4 Å². The predicted octanol–water partition coefficient (Wildman–Crippen LogP) is 1.06. The number of ketones is 1. The van der Waals surface area contributed by atoms with Crippen molar-refractivity contribution in [3.05, 3.63) is 18.2 Å². The van der Waals surface area contributed by atoms with Crippen molar-refractivity contribution in [3.63, 3.8) is 0 Å². The number of methoxy groups -OCH3 is 2. The van der Waals surface area contributed by atoms with Crippen LogP contribution < -0.4 is 9.47 Å². The molecule has 7 heteroatoms. The van der Waals surface area contributed by atoms with Crippen molar-refractivity contribution in [2.45, 2.75) is 17.7 Å². The van der Waals surface area contributed by atoms with Crippen LogP contribution in [0.5, 0.6) is 11.5 Å². The third-order valence-electron chi connectivity index (χ3n) is 3.27. The maximum absolute atomic E-state index is 12.6. The van der Waals surface area contributed by atoms with Gasteiger partial charge in [0.1, 0.15) is 22.2 Å². The first-order valence-corrected chi connectivity index (χ1v) is 7.67. The molecule has 0 atom stereocenters. The molecule has 1 aliphatic rings. The van der Waals surface area contributed by atoms with E-state index in [1.165, 1.54) is 30.7 Å². The minimum Gasteiger partial charge on any atom is -0.497 e. The number of sulfonamides is 1. The summed E-state index contributed by atoms with van der Waals surface area (Å²) in [5.41, 5.74) is 0. The summed E-state index contributed by atoms with van der Waals surface area (Å²) >= 11 is 0. The van der Waals surface area contributed by atoms with Crippen LogP contribution in [0.1, 0.15) is 12.8 Å². The zero-order chi connectivity index (χ0) is 14.8. The number of benzene rings is 1. The van der Waals surface area contributed by atoms with E-state index in [4.69, 9.17) is 9.47 Å². The van der Waals surface area contributed by atoms with Gasteiger partial charge in [0, 0.05) is 32.0 Å². The summed E-state index contributed by atoms with van der Waals surface area (Å²) in [6, 6.07) is 4.57. The molecule has 0 saturated carbocycles. The quantitative estimate of drug-likeness (QED) is 0.831. The Balaban J connectivity index is 2.36. The van der Waals surface area contributed by atoms with Gasteiger partial charge in [0.05, 0.1) is 14.2 Å². The van der Waals surface area contributed by atoms with Gasteiger partial charge in [0.2, 0.25) is 10.0 Å². The van der Waals surface area contributed by atoms with Crippen LogP contribution in [0.25, 0.3) is 0 Å². The van der Waals surface area contributed by atoms with Crippen LogP contribution in [0.3, 0.4) is 0 Å². The maximum atomic E-state index is 12.6. The van der Waals surface area contributed by atoms with Crippen LogP contribution in [0.4, 0.5) is 0 Å². The highest BCUT2D eigenvalue weighted by molar-refractivity contribution is 7.89. The number of piperidine rings is 1. The van der Waals surface area contributed by atoms with Crippen molar-refractivity contribution in [1.29, 1.82) is 0 Å². The normalized spacial score (nSPS) is 17.0. The van der Waals surface area contributed by atoms with Crippen LogP contribution in [0.15, 0.2) is 23.1 Å². The Labute approximate surface area is 118 Å². The predicted molar refractivity (Wildman–Crippen MR) is 72.5 cm³/mol. The van der Waals surface area contributed by atoms with E-state index in [0.717, 1.165) is 0 Å². The number of Topliss-reactive ketones (excluding diaryl/α,β-unsaturated/α-hetero) is 1. The van der Waals surface area contributed by atoms with Crippen LogP contribution in [-0.4, -0.2) is 45.8 Å². The number of ether oxygens (including phenoxy) is 2. The molecule has 6 nitrogen and oxygen atoms in total. The largest absolute Gasteiger partial charge is 0.497 e. The van der Waals surface area contributed by atoms with Gasteiger partial charge in [-0.1, -0.05) is 0 Å². The Morgan fingerprint density at radius 3 is 2.30 bits per heavy atom. The van der Waals surface area contributed by atoms with Gasteiger partial charge >= 0.3 is 0 Å². The van der Waals surface area contributed by atoms with Gasteiger partial charge in [-0.3, -0.25) is 4.79 Å². The lowest BCUT2D eigenvalue weighted by Crippen LogP contribution is -2.38. The molecule has 1 aromatic carbocycles. The maximum Gasteiger partial charge on any atom is 0.246 e. The van der Waals surface area contributed by atoms with Gasteiger partial charge in [-0.15, -0.1) is 0 Å². The molecule has 2 rings (SSSR count). The van der Waals surface area contributed by atoms with E-state index < -0.39 is 10.0 Å². The van der Waals surface area contributed by atoms with Crippen LogP contribution >= 0.6 is 0 Å². The molecule has 1 aliphatic heterocycles. The van der Waals surface area contributed by atoms with Gasteiger partial charge < -0.3 is 9.47 Å². The molecule has 0 unspecified atom stereocenters. The molecule has 1 aromatic rings. The fourth-order valence-electron chi connectivity index (χ4n) is 2.10. The summed E-state index contributed by atoms with van der Waals surface area (Å²) in [6.07, 6.45) is 0.523. The molecule has 0 amide bonds. The molecule has 0 aromatic heterocycles. The molecule has 1 heterocycles. The van der Waals surface area contributed by atoms with Crippen molar-refractivity contribution in [2.75, 3.05) is 27.3 Å². The Kier molecular flexibility index (Phi) is 4.29. The topological polar surface area (TPSA) is 72.9 Å². The van der Waals surface area contributed by atoms with E-state index >= 15 is 0 Å². The lowest BCUT2D eigenvalue weighted by Gasteiger charge is -2.26. The van der Waals surface area contributed by atoms with Gasteiger partial charge in [-0.05, 0) is 12.1 Å². The number of rotatable bonds is 4. The van der Waals surface area contributed by atoms with E-state index in [9.17, 15) is 13.2 Å². The third-order valence-corrected chi connectivity index (χ3v) is 5.21. The molecule has 0 N–H and O–H groups in total. The van der Waals surface area contributed by atoms with E-state index in [1.54, 1.807) is 6.07 Å². The molecule has 1 saturated heterocycles. The van der Waals surface area contributed by atoms with Crippen molar-refractivity contribution in [1.82, 2.24) is 4.31 Å². The fourth-order valence-corrected chi connectivity index (χ4v) is 3.68. The zero-order valence-electron chi connectivity index (χ0n) is 11.5. The highest BCUT2D eigenvalue weighted by Crippen LogP contribution is 2.31. The first-order chi connectivity index (χ1) is 9.48. The summed E-state index contributed by atoms with van der Waals surface area (Å²) in [5.74, 6) is 0.856. The number of carbonyl (C=O) groups excluding carboxylic acids is 1. The summed E-state index contributed by atoms with van der Waals surface area (Å²) in [4.78, 5) is 11.3. The van der Waals surface area contributed by atoms with Gasteiger partial charge in [0.25, 0.3) is 0 Å². The van der Waals surface area contributed by atoms with Crippen LogP contribution in [0, 0.1) is 0 Å². The first-order valence-electron chi connectivity index (χ1n) is 6.23. The average molecular weight is 299 g/mol. The second kappa shape index (κ2) is 5.80. The molecule has 0 bridgehead atoms. The highest BCUT2D eigenvalue weighted by atomic mass is 32.2. The molecule has 20 heavy (non-hydrogen) atoms. The Bertz CT molecular complexity index is 601. The van der Waals surface area contributed by atoms with Crippen LogP contribution in [-0.2, 0) is 14.8 Å². The average Bonchev–Trinajstić information content (AvgIpc) is 2.46. The summed E-state index contributed by atoms with van der Waals surface area (Å²) in [6.45, 7) is 0.437. The van der Waals surface area contributed by atoms with E-state index in [1.807, 2.05) is 0 Å². The van der Waals surface area contributed by atoms with Gasteiger partial charge in [0.15, 0.2) is 0 Å². The van der Waals surface area contributed by atoms with Crippen molar-refractivity contribution < 1.29 is 22.7 Å². The lowest BCUT2D eigenvalue weighted by atomic mass is 10.1. The molecule has 0 spiro atoms. The number of hydrogen-bond acceptors (Lipinski definition) is 5. The Morgan fingerprint density at radius 1 is 1.10 bits per heavy atom. The molecular formula is C13H17NO5S. The van der Waals surface area contributed by atoms with E-state index in [0.29, 0.717) is 5.75 Å². The second-order valence-corrected chi connectivity index (χ2v) is 6.37. The standard InChI is InChI=1S/C13H17NO5S/c1-18-11-3-4-13(12(9-11)19-2)20(16,17)14-7-5-10(15)6-8-14/h3-4,9H,5-8H2,1-2H3. The fraction of sp³-hybridized carbons (Fsp3) is 0.462. The second-order valence-electron chi connectivity index (χ2n) is 4.46. The Morgan fingerprint density at radius 2 is 1.75 bits per heavy atom. The van der Waals surface area contributed by atoms with Gasteiger partial charge in [-0.2, -0.15) is 4.31 Å². The summed E-state index contributed by atoms with van der Waals surface area (Å²) in [5, 5.41) is 0. The van der Waals surface area contributed by atoms with Crippen molar-refractivity contribution in [3.8, 4) is 11.5 Å². The van der Waals surface area contributed by atoms with Crippen molar-refractivity contribution in [2.24, 2.45) is 0 Å². The molecule has 0 radical (unpaired) electrons. The summed E-state index contributed by atoms with van der Waals surface area (Å²) < 4.78 is 36.6. The van der Waals surface area contributed by atoms with Crippen molar-refractivity contribution >= 4 is 15.8 Å². The minimum absolute atomic E-state index is 0.0927. The van der Waals surface area contributed by atoms with E-state index in [2.05, 4.69) is 0 Å². The highest BCUT2D eigenvalue weighted by Gasteiger charge is 2.30. The van der Waals surface area contributed by atoms with Gasteiger partial charge in [-0.25, -0.2) is 8.42 Å². The zero-order valence-corrected chi connectivity index (χ0v) is 12.3.